The number of carbonyl (C=O) groups is 1. The smallest absolute Gasteiger partial charge is 0.258 e. The molecule has 21 heavy (non-hydrogen) atoms. The van der Waals surface area contributed by atoms with Crippen molar-refractivity contribution in [3.05, 3.63) is 18.2 Å². The molecule has 1 aromatic carbocycles. The van der Waals surface area contributed by atoms with Gasteiger partial charge in [0.15, 0.2) is 18.1 Å². The molecule has 0 saturated heterocycles. The lowest BCUT2D eigenvalue weighted by Gasteiger charge is -2.29. The molecule has 1 aliphatic heterocycles. The van der Waals surface area contributed by atoms with Crippen LogP contribution in [0.2, 0.25) is 0 Å². The Bertz CT molecular complexity index is 517. The molecule has 0 aromatic heterocycles. The fourth-order valence-electron chi connectivity index (χ4n) is 2.89. The van der Waals surface area contributed by atoms with Crippen molar-refractivity contribution in [2.75, 3.05) is 13.4 Å². The minimum atomic E-state index is -0.0635. The molecule has 1 N–H and O–H groups in total. The highest BCUT2D eigenvalue weighted by atomic mass is 16.7. The Kier molecular flexibility index (Phi) is 4.18. The highest BCUT2D eigenvalue weighted by Gasteiger charge is 2.23. The van der Waals surface area contributed by atoms with E-state index in [1.165, 1.54) is 19.3 Å². The molecule has 0 unspecified atom stereocenters. The lowest BCUT2D eigenvalue weighted by molar-refractivity contribution is -0.124. The number of nitrogens with one attached hydrogen (secondary N) is 1. The minimum absolute atomic E-state index is 0.0306. The van der Waals surface area contributed by atoms with Crippen molar-refractivity contribution >= 4 is 5.91 Å². The van der Waals surface area contributed by atoms with E-state index in [0.717, 1.165) is 6.42 Å². The molecular weight excluding hydrogens is 270 g/mol. The summed E-state index contributed by atoms with van der Waals surface area (Å²) in [5, 5.41) is 3.07. The molecule has 1 aliphatic carbocycles. The quantitative estimate of drug-likeness (QED) is 0.926. The van der Waals surface area contributed by atoms with Crippen LogP contribution in [0.25, 0.3) is 0 Å². The van der Waals surface area contributed by atoms with Gasteiger partial charge in [0.2, 0.25) is 6.79 Å². The zero-order chi connectivity index (χ0) is 14.7. The first-order valence-corrected chi connectivity index (χ1v) is 7.54. The van der Waals surface area contributed by atoms with Crippen molar-refractivity contribution < 1.29 is 19.0 Å². The summed E-state index contributed by atoms with van der Waals surface area (Å²) in [6.45, 7) is 2.46. The predicted molar refractivity (Wildman–Crippen MR) is 77.6 cm³/mol. The van der Waals surface area contributed by atoms with Crippen LogP contribution in [0.1, 0.15) is 32.6 Å². The number of rotatable bonds is 4. The first-order valence-electron chi connectivity index (χ1n) is 7.54. The fraction of sp³-hybridized carbons (Fsp3) is 0.562. The van der Waals surface area contributed by atoms with Crippen LogP contribution in [0.5, 0.6) is 17.2 Å². The third kappa shape index (κ3) is 3.40. The van der Waals surface area contributed by atoms with Crippen LogP contribution >= 0.6 is 0 Å². The maximum absolute atomic E-state index is 12.0. The molecule has 0 bridgehead atoms. The molecule has 0 radical (unpaired) electrons. The molecule has 5 heteroatoms. The zero-order valence-corrected chi connectivity index (χ0v) is 12.3. The number of fused-ring (bicyclic) bond motifs is 1. The van der Waals surface area contributed by atoms with Gasteiger partial charge in [-0.25, -0.2) is 0 Å². The van der Waals surface area contributed by atoms with Gasteiger partial charge in [-0.2, -0.15) is 0 Å². The summed E-state index contributed by atoms with van der Waals surface area (Å²) in [5.74, 6) is 2.47. The van der Waals surface area contributed by atoms with E-state index in [4.69, 9.17) is 14.2 Å². The van der Waals surface area contributed by atoms with Crippen LogP contribution in [-0.2, 0) is 4.79 Å². The summed E-state index contributed by atoms with van der Waals surface area (Å²) in [4.78, 5) is 12.0. The Morgan fingerprint density at radius 1 is 1.29 bits per heavy atom. The van der Waals surface area contributed by atoms with E-state index in [1.54, 1.807) is 18.2 Å². The van der Waals surface area contributed by atoms with Crippen molar-refractivity contribution in [2.45, 2.75) is 38.6 Å². The standard InChI is InChI=1S/C16H21NO4/c1-11-4-2-3-5-13(11)17-16(18)9-19-12-6-7-14-15(8-12)21-10-20-14/h6-8,11,13H,2-5,9-10H2,1H3,(H,17,18)/t11-,13+/m1/s1. The number of benzene rings is 1. The van der Waals surface area contributed by atoms with Crippen LogP contribution < -0.4 is 19.5 Å². The summed E-state index contributed by atoms with van der Waals surface area (Å²) in [5.41, 5.74) is 0. The second-order valence-electron chi connectivity index (χ2n) is 5.74. The Labute approximate surface area is 124 Å². The maximum atomic E-state index is 12.0. The summed E-state index contributed by atoms with van der Waals surface area (Å²) < 4.78 is 16.0. The number of amides is 1. The molecule has 5 nitrogen and oxygen atoms in total. The fourth-order valence-corrected chi connectivity index (χ4v) is 2.89. The Hall–Kier alpha value is -1.91. The lowest BCUT2D eigenvalue weighted by Crippen LogP contribution is -2.43. The van der Waals surface area contributed by atoms with E-state index in [9.17, 15) is 4.79 Å². The predicted octanol–water partition coefficient (Wildman–Crippen LogP) is 2.49. The first-order chi connectivity index (χ1) is 10.2. The monoisotopic (exact) mass is 291 g/mol. The van der Waals surface area contributed by atoms with E-state index in [2.05, 4.69) is 12.2 Å². The Balaban J connectivity index is 1.49. The Morgan fingerprint density at radius 3 is 2.95 bits per heavy atom. The molecule has 0 spiro atoms. The van der Waals surface area contributed by atoms with E-state index in [-0.39, 0.29) is 25.3 Å². The lowest BCUT2D eigenvalue weighted by atomic mass is 9.86. The van der Waals surface area contributed by atoms with Crippen LogP contribution in [0.4, 0.5) is 0 Å². The van der Waals surface area contributed by atoms with Gasteiger partial charge >= 0.3 is 0 Å². The Morgan fingerprint density at radius 2 is 2.10 bits per heavy atom. The molecule has 1 amide bonds. The molecule has 3 rings (SSSR count). The van der Waals surface area contributed by atoms with E-state index in [0.29, 0.717) is 23.2 Å². The van der Waals surface area contributed by atoms with E-state index < -0.39 is 0 Å². The van der Waals surface area contributed by atoms with Gasteiger partial charge in [0.25, 0.3) is 5.91 Å². The average molecular weight is 291 g/mol. The van der Waals surface area contributed by atoms with Gasteiger partial charge in [0.1, 0.15) is 5.75 Å². The number of hydrogen-bond acceptors (Lipinski definition) is 4. The van der Waals surface area contributed by atoms with Gasteiger partial charge in [0, 0.05) is 12.1 Å². The largest absolute Gasteiger partial charge is 0.484 e. The third-order valence-corrected chi connectivity index (χ3v) is 4.17. The van der Waals surface area contributed by atoms with Crippen LogP contribution in [0.3, 0.4) is 0 Å². The normalized spacial score (nSPS) is 23.7. The number of hydrogen-bond donors (Lipinski definition) is 1. The van der Waals surface area contributed by atoms with Crippen molar-refractivity contribution in [3.63, 3.8) is 0 Å². The van der Waals surface area contributed by atoms with Gasteiger partial charge < -0.3 is 19.5 Å². The van der Waals surface area contributed by atoms with E-state index >= 15 is 0 Å². The van der Waals surface area contributed by atoms with Crippen LogP contribution in [-0.4, -0.2) is 25.3 Å². The molecule has 2 aliphatic rings. The van der Waals surface area contributed by atoms with Gasteiger partial charge in [-0.05, 0) is 30.9 Å². The maximum Gasteiger partial charge on any atom is 0.258 e. The summed E-state index contributed by atoms with van der Waals surface area (Å²) >= 11 is 0. The average Bonchev–Trinajstić information content (AvgIpc) is 2.95. The summed E-state index contributed by atoms with van der Waals surface area (Å²) in [6, 6.07) is 5.60. The van der Waals surface area contributed by atoms with Crippen molar-refractivity contribution in [1.29, 1.82) is 0 Å². The summed E-state index contributed by atoms with van der Waals surface area (Å²) in [7, 11) is 0. The van der Waals surface area contributed by atoms with Crippen molar-refractivity contribution in [1.82, 2.24) is 5.32 Å². The zero-order valence-electron chi connectivity index (χ0n) is 12.3. The molecular formula is C16H21NO4. The topological polar surface area (TPSA) is 56.8 Å². The second kappa shape index (κ2) is 6.24. The van der Waals surface area contributed by atoms with Crippen molar-refractivity contribution in [3.8, 4) is 17.2 Å². The third-order valence-electron chi connectivity index (χ3n) is 4.17. The highest BCUT2D eigenvalue weighted by molar-refractivity contribution is 5.77. The number of carbonyl (C=O) groups excluding carboxylic acids is 1. The molecule has 1 fully saturated rings. The molecule has 2 atom stereocenters. The first kappa shape index (κ1) is 14.0. The molecule has 1 heterocycles. The van der Waals surface area contributed by atoms with Crippen molar-refractivity contribution in [2.24, 2.45) is 5.92 Å². The summed E-state index contributed by atoms with van der Waals surface area (Å²) in [6.07, 6.45) is 4.71. The minimum Gasteiger partial charge on any atom is -0.484 e. The highest BCUT2D eigenvalue weighted by Crippen LogP contribution is 2.35. The molecule has 114 valence electrons. The van der Waals surface area contributed by atoms with Crippen LogP contribution in [0.15, 0.2) is 18.2 Å². The molecule has 1 aromatic rings. The van der Waals surface area contributed by atoms with Gasteiger partial charge in [-0.1, -0.05) is 19.8 Å². The van der Waals surface area contributed by atoms with Crippen LogP contribution in [0, 0.1) is 5.92 Å². The molecule has 1 saturated carbocycles. The van der Waals surface area contributed by atoms with Gasteiger partial charge in [-0.3, -0.25) is 4.79 Å². The van der Waals surface area contributed by atoms with Gasteiger partial charge in [-0.15, -0.1) is 0 Å². The van der Waals surface area contributed by atoms with Gasteiger partial charge in [0.05, 0.1) is 0 Å². The second-order valence-corrected chi connectivity index (χ2v) is 5.74. The number of ether oxygens (including phenoxy) is 3. The van der Waals surface area contributed by atoms with E-state index in [1.807, 2.05) is 0 Å². The SMILES string of the molecule is C[C@@H]1CCCC[C@@H]1NC(=O)COc1ccc2c(c1)OCO2.